The molecule has 3 aromatic rings. The molecule has 0 saturated carbocycles. The third-order valence-corrected chi connectivity index (χ3v) is 4.44. The van der Waals surface area contributed by atoms with Crippen molar-refractivity contribution < 1.29 is 13.9 Å². The fourth-order valence-corrected chi connectivity index (χ4v) is 3.26. The van der Waals surface area contributed by atoms with Crippen LogP contribution in [0.5, 0.6) is 0 Å². The number of anilines is 1. The summed E-state index contributed by atoms with van der Waals surface area (Å²) in [7, 11) is 0. The quantitative estimate of drug-likeness (QED) is 0.680. The van der Waals surface area contributed by atoms with Crippen LogP contribution in [0.4, 0.5) is 14.7 Å². The summed E-state index contributed by atoms with van der Waals surface area (Å²) in [4.78, 5) is 12.2. The van der Waals surface area contributed by atoms with E-state index < -0.39 is 12.0 Å². The number of nitrogen functional groups attached to an aromatic ring is 1. The van der Waals surface area contributed by atoms with Crippen molar-refractivity contribution in [3.05, 3.63) is 34.7 Å². The maximum absolute atomic E-state index is 13.8. The number of nitrogens with zero attached hydrogens (tertiary/aromatic N) is 4. The van der Waals surface area contributed by atoms with Crippen molar-refractivity contribution in [3.8, 4) is 11.3 Å². The predicted molar refractivity (Wildman–Crippen MR) is 101 cm³/mol. The molecule has 3 rings (SSSR count). The van der Waals surface area contributed by atoms with Crippen LogP contribution in [0.2, 0.25) is 5.02 Å². The summed E-state index contributed by atoms with van der Waals surface area (Å²) in [6.45, 7) is 6.91. The Kier molecular flexibility index (Phi) is 4.81. The number of rotatable bonds is 4. The van der Waals surface area contributed by atoms with E-state index in [1.807, 2.05) is 13.8 Å². The number of fused-ring (bicyclic) bond motifs is 1. The van der Waals surface area contributed by atoms with Gasteiger partial charge in [0.15, 0.2) is 0 Å². The lowest BCUT2D eigenvalue weighted by molar-refractivity contribution is 0.0641. The second-order valence-electron chi connectivity index (χ2n) is 7.12. The second-order valence-corrected chi connectivity index (χ2v) is 7.52. The van der Waals surface area contributed by atoms with E-state index in [2.05, 4.69) is 15.0 Å². The van der Waals surface area contributed by atoms with E-state index in [4.69, 9.17) is 17.3 Å². The minimum Gasteiger partial charge on any atom is -0.383 e. The van der Waals surface area contributed by atoms with Crippen molar-refractivity contribution in [2.75, 3.05) is 5.73 Å². The van der Waals surface area contributed by atoms with E-state index >= 15 is 0 Å². The molecule has 27 heavy (non-hydrogen) atoms. The third kappa shape index (κ3) is 3.46. The molecule has 2 heterocycles. The fourth-order valence-electron chi connectivity index (χ4n) is 3.06. The van der Waals surface area contributed by atoms with Crippen molar-refractivity contribution in [2.45, 2.75) is 45.8 Å². The highest BCUT2D eigenvalue weighted by Crippen LogP contribution is 2.37. The number of nitrogens with two attached hydrogens (primary N) is 1. The summed E-state index contributed by atoms with van der Waals surface area (Å²) in [6, 6.07) is 2.85. The van der Waals surface area contributed by atoms with Gasteiger partial charge in [-0.2, -0.15) is 0 Å². The van der Waals surface area contributed by atoms with Gasteiger partial charge in [-0.05, 0) is 39.8 Å². The number of aromatic nitrogens is 4. The molecule has 144 valence electrons. The SMILES string of the molecule is CC(C)n1c(C(C)(C)O)nc2c(C(F)F)cc(-c3nc(N)ncc3Cl)cc21. The average molecular weight is 396 g/mol. The molecule has 0 atom stereocenters. The lowest BCUT2D eigenvalue weighted by Crippen LogP contribution is -2.23. The van der Waals surface area contributed by atoms with E-state index in [-0.39, 0.29) is 33.8 Å². The number of hydrogen-bond acceptors (Lipinski definition) is 5. The number of halogens is 3. The maximum Gasteiger partial charge on any atom is 0.266 e. The Hall–Kier alpha value is -2.32. The van der Waals surface area contributed by atoms with Gasteiger partial charge in [0.1, 0.15) is 11.4 Å². The van der Waals surface area contributed by atoms with Crippen LogP contribution in [0.3, 0.4) is 0 Å². The van der Waals surface area contributed by atoms with Crippen molar-refractivity contribution in [1.29, 1.82) is 0 Å². The summed E-state index contributed by atoms with van der Waals surface area (Å²) in [5.74, 6) is 0.294. The monoisotopic (exact) mass is 395 g/mol. The molecule has 0 saturated heterocycles. The Labute approximate surface area is 160 Å². The fraction of sp³-hybridized carbons (Fsp3) is 0.389. The van der Waals surface area contributed by atoms with Crippen molar-refractivity contribution in [2.24, 2.45) is 0 Å². The van der Waals surface area contributed by atoms with Crippen LogP contribution >= 0.6 is 11.6 Å². The van der Waals surface area contributed by atoms with Gasteiger partial charge in [-0.1, -0.05) is 11.6 Å². The van der Waals surface area contributed by atoms with Crippen LogP contribution in [-0.2, 0) is 5.60 Å². The van der Waals surface area contributed by atoms with E-state index in [9.17, 15) is 13.9 Å². The minimum atomic E-state index is -2.77. The van der Waals surface area contributed by atoms with Crippen molar-refractivity contribution in [1.82, 2.24) is 19.5 Å². The molecule has 0 spiro atoms. The van der Waals surface area contributed by atoms with Gasteiger partial charge in [0.25, 0.3) is 6.43 Å². The van der Waals surface area contributed by atoms with E-state index in [0.717, 1.165) is 0 Å². The minimum absolute atomic E-state index is 0.0114. The first kappa shape index (κ1) is 19.4. The third-order valence-electron chi connectivity index (χ3n) is 4.16. The Morgan fingerprint density at radius 3 is 2.44 bits per heavy atom. The van der Waals surface area contributed by atoms with Crippen molar-refractivity contribution >= 4 is 28.6 Å². The van der Waals surface area contributed by atoms with Gasteiger partial charge >= 0.3 is 0 Å². The molecule has 0 fully saturated rings. The number of aliphatic hydroxyl groups is 1. The number of hydrogen-bond donors (Lipinski definition) is 2. The largest absolute Gasteiger partial charge is 0.383 e. The Morgan fingerprint density at radius 2 is 1.89 bits per heavy atom. The summed E-state index contributed by atoms with van der Waals surface area (Å²) < 4.78 is 29.4. The first-order valence-corrected chi connectivity index (χ1v) is 8.73. The summed E-state index contributed by atoms with van der Waals surface area (Å²) >= 11 is 6.16. The van der Waals surface area contributed by atoms with Gasteiger partial charge < -0.3 is 15.4 Å². The lowest BCUT2D eigenvalue weighted by atomic mass is 10.1. The Balaban J connectivity index is 2.43. The highest BCUT2D eigenvalue weighted by molar-refractivity contribution is 6.33. The van der Waals surface area contributed by atoms with E-state index in [1.165, 1.54) is 12.3 Å². The second kappa shape index (κ2) is 6.69. The molecule has 9 heteroatoms. The molecule has 0 aliphatic rings. The van der Waals surface area contributed by atoms with Gasteiger partial charge in [-0.3, -0.25) is 0 Å². The molecule has 2 aromatic heterocycles. The smallest absolute Gasteiger partial charge is 0.266 e. The average Bonchev–Trinajstić information content (AvgIpc) is 2.95. The molecular weight excluding hydrogens is 376 g/mol. The zero-order chi connectivity index (χ0) is 20.1. The van der Waals surface area contributed by atoms with Gasteiger partial charge in [0.05, 0.1) is 27.9 Å². The molecule has 0 aliphatic heterocycles. The normalized spacial score (nSPS) is 12.5. The molecule has 0 amide bonds. The molecule has 0 bridgehead atoms. The highest BCUT2D eigenvalue weighted by atomic mass is 35.5. The number of alkyl halides is 2. The molecule has 3 N–H and O–H groups in total. The van der Waals surface area contributed by atoms with Crippen LogP contribution in [0.15, 0.2) is 18.3 Å². The molecule has 0 unspecified atom stereocenters. The van der Waals surface area contributed by atoms with Gasteiger partial charge in [0, 0.05) is 17.2 Å². The molecule has 1 aromatic carbocycles. The Morgan fingerprint density at radius 1 is 1.22 bits per heavy atom. The van der Waals surface area contributed by atoms with Crippen LogP contribution in [0.25, 0.3) is 22.3 Å². The van der Waals surface area contributed by atoms with Crippen LogP contribution in [-0.4, -0.2) is 24.6 Å². The Bertz CT molecular complexity index is 1010. The zero-order valence-corrected chi connectivity index (χ0v) is 16.1. The standard InChI is InChI=1S/C18H20ClF2N5O/c1-8(2)26-12-6-9(13-11(19)7-23-17(22)25-13)5-10(15(20)21)14(12)24-16(26)18(3,4)27/h5-8,15,27H,1-4H3,(H2,22,23,25). The first-order chi connectivity index (χ1) is 12.5. The lowest BCUT2D eigenvalue weighted by Gasteiger charge is -2.21. The first-order valence-electron chi connectivity index (χ1n) is 8.36. The molecular formula is C18H20ClF2N5O. The van der Waals surface area contributed by atoms with E-state index in [1.54, 1.807) is 24.5 Å². The zero-order valence-electron chi connectivity index (χ0n) is 15.3. The number of imidazole rings is 1. The van der Waals surface area contributed by atoms with Crippen LogP contribution in [0, 0.1) is 0 Å². The van der Waals surface area contributed by atoms with Gasteiger partial charge in [-0.25, -0.2) is 23.7 Å². The topological polar surface area (TPSA) is 89.8 Å². The van der Waals surface area contributed by atoms with Gasteiger partial charge in [0.2, 0.25) is 5.95 Å². The maximum atomic E-state index is 13.8. The molecule has 0 radical (unpaired) electrons. The van der Waals surface area contributed by atoms with Crippen LogP contribution < -0.4 is 5.73 Å². The molecule has 0 aliphatic carbocycles. The predicted octanol–water partition coefficient (Wildman–Crippen LogP) is 4.47. The summed E-state index contributed by atoms with van der Waals surface area (Å²) in [6.07, 6.45) is -1.44. The van der Waals surface area contributed by atoms with Crippen LogP contribution in [0.1, 0.15) is 51.6 Å². The number of benzene rings is 1. The van der Waals surface area contributed by atoms with Crippen molar-refractivity contribution in [3.63, 3.8) is 0 Å². The summed E-state index contributed by atoms with van der Waals surface area (Å²) in [5.41, 5.74) is 5.30. The highest BCUT2D eigenvalue weighted by Gasteiger charge is 2.29. The summed E-state index contributed by atoms with van der Waals surface area (Å²) in [5, 5.41) is 10.7. The molecule has 6 nitrogen and oxygen atoms in total. The van der Waals surface area contributed by atoms with Gasteiger partial charge in [-0.15, -0.1) is 0 Å². The van der Waals surface area contributed by atoms with E-state index in [0.29, 0.717) is 16.9 Å².